The van der Waals surface area contributed by atoms with Crippen LogP contribution in [0.2, 0.25) is 0 Å². The number of nitrogens with zero attached hydrogens (tertiary/aromatic N) is 2. The van der Waals surface area contributed by atoms with E-state index in [1.807, 2.05) is 25.2 Å². The van der Waals surface area contributed by atoms with E-state index in [2.05, 4.69) is 9.88 Å². The van der Waals surface area contributed by atoms with E-state index in [9.17, 15) is 4.39 Å². The van der Waals surface area contributed by atoms with Crippen LogP contribution in [0.4, 0.5) is 10.1 Å². The molecule has 0 aliphatic rings. The number of hydrogen-bond acceptors (Lipinski definition) is 7. The molecule has 0 aliphatic carbocycles. The molecule has 0 atom stereocenters. The molecule has 0 saturated carbocycles. The van der Waals surface area contributed by atoms with E-state index < -0.39 is 5.82 Å². The standard InChI is InChI=1S/C22H22FN3O3S/c1-26(9-10-27-2)13-15-4-6-19(28-15)21-12-17-22(30-21)20(7-8-25-17)29-18-5-3-14(24)11-16(18)23/h3-8,11-12H,9-10,13,24H2,1-2H3. The monoisotopic (exact) mass is 427 g/mol. The summed E-state index contributed by atoms with van der Waals surface area (Å²) in [5.74, 6) is 1.77. The Morgan fingerprint density at radius 3 is 2.83 bits per heavy atom. The molecule has 0 amide bonds. The van der Waals surface area contributed by atoms with Gasteiger partial charge in [0, 0.05) is 37.7 Å². The maximum atomic E-state index is 14.1. The lowest BCUT2D eigenvalue weighted by atomic mass is 10.3. The van der Waals surface area contributed by atoms with Crippen molar-refractivity contribution in [3.63, 3.8) is 0 Å². The second kappa shape index (κ2) is 8.83. The normalized spacial score (nSPS) is 11.5. The van der Waals surface area contributed by atoms with Gasteiger partial charge in [0.2, 0.25) is 0 Å². The van der Waals surface area contributed by atoms with Gasteiger partial charge in [0.15, 0.2) is 11.6 Å². The SMILES string of the molecule is COCCN(C)Cc1ccc(-c2cc3nccc(Oc4ccc(N)cc4F)c3s2)o1. The van der Waals surface area contributed by atoms with Crippen LogP contribution >= 0.6 is 11.3 Å². The molecule has 2 N–H and O–H groups in total. The number of rotatable bonds is 8. The first-order chi connectivity index (χ1) is 14.5. The number of halogens is 1. The van der Waals surface area contributed by atoms with Gasteiger partial charge in [-0.25, -0.2) is 4.39 Å². The third kappa shape index (κ3) is 4.46. The van der Waals surface area contributed by atoms with E-state index in [0.717, 1.165) is 33.2 Å². The van der Waals surface area contributed by atoms with Crippen LogP contribution in [0.5, 0.6) is 11.5 Å². The predicted molar refractivity (Wildman–Crippen MR) is 116 cm³/mol. The first-order valence-electron chi connectivity index (χ1n) is 9.41. The highest BCUT2D eigenvalue weighted by Gasteiger charge is 2.15. The van der Waals surface area contributed by atoms with Gasteiger partial charge in [-0.3, -0.25) is 9.88 Å². The van der Waals surface area contributed by atoms with E-state index >= 15 is 0 Å². The fraction of sp³-hybridized carbons (Fsp3) is 0.227. The third-order valence-corrected chi connectivity index (χ3v) is 5.71. The number of hydrogen-bond donors (Lipinski definition) is 1. The fourth-order valence-electron chi connectivity index (χ4n) is 3.02. The lowest BCUT2D eigenvalue weighted by Crippen LogP contribution is -2.21. The molecule has 3 aromatic heterocycles. The van der Waals surface area contributed by atoms with Crippen molar-refractivity contribution in [3.05, 3.63) is 60.2 Å². The minimum Gasteiger partial charge on any atom is -0.459 e. The number of nitrogens with two attached hydrogens (primary N) is 1. The predicted octanol–water partition coefficient (Wildman–Crippen LogP) is 5.15. The molecule has 0 radical (unpaired) electrons. The molecule has 0 unspecified atom stereocenters. The second-order valence-corrected chi connectivity index (χ2v) is 7.97. The molecule has 0 fully saturated rings. The molecule has 156 valence electrons. The number of pyridine rings is 1. The van der Waals surface area contributed by atoms with Gasteiger partial charge >= 0.3 is 0 Å². The summed E-state index contributed by atoms with van der Waals surface area (Å²) in [6.45, 7) is 2.18. The zero-order valence-electron chi connectivity index (χ0n) is 16.7. The van der Waals surface area contributed by atoms with Gasteiger partial charge in [-0.1, -0.05) is 0 Å². The number of thiophene rings is 1. The Bertz CT molecular complexity index is 1160. The summed E-state index contributed by atoms with van der Waals surface area (Å²) in [7, 11) is 3.71. The van der Waals surface area contributed by atoms with Gasteiger partial charge in [-0.2, -0.15) is 0 Å². The van der Waals surface area contributed by atoms with Crippen LogP contribution in [-0.2, 0) is 11.3 Å². The van der Waals surface area contributed by atoms with E-state index in [-0.39, 0.29) is 5.75 Å². The molecule has 6 nitrogen and oxygen atoms in total. The Kier molecular flexibility index (Phi) is 5.98. The highest BCUT2D eigenvalue weighted by atomic mass is 32.1. The van der Waals surface area contributed by atoms with Crippen LogP contribution in [0, 0.1) is 5.82 Å². The highest BCUT2D eigenvalue weighted by molar-refractivity contribution is 7.22. The van der Waals surface area contributed by atoms with Crippen molar-refractivity contribution in [2.24, 2.45) is 0 Å². The Hall–Kier alpha value is -2.94. The van der Waals surface area contributed by atoms with E-state index in [1.165, 1.54) is 23.5 Å². The van der Waals surface area contributed by atoms with Crippen molar-refractivity contribution in [1.29, 1.82) is 0 Å². The maximum absolute atomic E-state index is 14.1. The minimum absolute atomic E-state index is 0.117. The second-order valence-electron chi connectivity index (χ2n) is 6.92. The number of methoxy groups -OCH3 is 1. The molecule has 4 aromatic rings. The molecule has 4 rings (SSSR count). The van der Waals surface area contributed by atoms with Crippen LogP contribution < -0.4 is 10.5 Å². The van der Waals surface area contributed by atoms with Crippen LogP contribution in [0.15, 0.2) is 53.1 Å². The summed E-state index contributed by atoms with van der Waals surface area (Å²) in [6, 6.07) is 11.9. The van der Waals surface area contributed by atoms with E-state index in [0.29, 0.717) is 24.6 Å². The average Bonchev–Trinajstić information content (AvgIpc) is 3.35. The van der Waals surface area contributed by atoms with Crippen LogP contribution in [0.25, 0.3) is 20.9 Å². The lowest BCUT2D eigenvalue weighted by molar-refractivity contribution is 0.155. The highest BCUT2D eigenvalue weighted by Crippen LogP contribution is 2.40. The first-order valence-corrected chi connectivity index (χ1v) is 10.2. The zero-order valence-corrected chi connectivity index (χ0v) is 17.5. The molecule has 0 bridgehead atoms. The average molecular weight is 428 g/mol. The summed E-state index contributed by atoms with van der Waals surface area (Å²) in [5.41, 5.74) is 6.72. The number of fused-ring (bicyclic) bond motifs is 1. The molecule has 0 spiro atoms. The Morgan fingerprint density at radius 2 is 2.03 bits per heavy atom. The number of benzene rings is 1. The van der Waals surface area contributed by atoms with Gasteiger partial charge < -0.3 is 19.6 Å². The summed E-state index contributed by atoms with van der Waals surface area (Å²) < 4.78 is 31.9. The largest absolute Gasteiger partial charge is 0.459 e. The number of likely N-dealkylation sites (N-methyl/N-ethyl adjacent to an activating group) is 1. The number of furan rings is 1. The van der Waals surface area contributed by atoms with Gasteiger partial charge in [-0.15, -0.1) is 11.3 Å². The quantitative estimate of drug-likeness (QED) is 0.392. The fourth-order valence-corrected chi connectivity index (χ4v) is 4.05. The molecular formula is C22H22FN3O3S. The zero-order chi connectivity index (χ0) is 21.1. The number of nitrogen functional groups attached to an aromatic ring is 1. The van der Waals surface area contributed by atoms with Crippen molar-refractivity contribution in [3.8, 4) is 22.1 Å². The van der Waals surface area contributed by atoms with Gasteiger partial charge in [0.1, 0.15) is 17.3 Å². The summed E-state index contributed by atoms with van der Waals surface area (Å²) in [4.78, 5) is 7.47. The van der Waals surface area contributed by atoms with E-state index in [1.54, 1.807) is 25.4 Å². The molecular weight excluding hydrogens is 405 g/mol. The molecule has 30 heavy (non-hydrogen) atoms. The molecule has 0 aliphatic heterocycles. The topological polar surface area (TPSA) is 73.8 Å². The van der Waals surface area contributed by atoms with Gasteiger partial charge in [0.05, 0.1) is 28.2 Å². The lowest BCUT2D eigenvalue weighted by Gasteiger charge is -2.13. The van der Waals surface area contributed by atoms with Crippen molar-refractivity contribution < 1.29 is 18.3 Å². The Morgan fingerprint density at radius 1 is 1.17 bits per heavy atom. The maximum Gasteiger partial charge on any atom is 0.167 e. The van der Waals surface area contributed by atoms with Crippen molar-refractivity contribution in [1.82, 2.24) is 9.88 Å². The molecule has 3 heterocycles. The van der Waals surface area contributed by atoms with Crippen molar-refractivity contribution in [2.75, 3.05) is 33.0 Å². The van der Waals surface area contributed by atoms with Gasteiger partial charge in [-0.05, 0) is 37.4 Å². The smallest absolute Gasteiger partial charge is 0.167 e. The van der Waals surface area contributed by atoms with Crippen LogP contribution in [0.3, 0.4) is 0 Å². The van der Waals surface area contributed by atoms with E-state index in [4.69, 9.17) is 19.6 Å². The number of anilines is 1. The minimum atomic E-state index is -0.509. The number of aromatic nitrogens is 1. The summed E-state index contributed by atoms with van der Waals surface area (Å²) in [5, 5.41) is 0. The molecule has 1 aromatic carbocycles. The van der Waals surface area contributed by atoms with Crippen LogP contribution in [-0.4, -0.2) is 37.2 Å². The Balaban J connectivity index is 1.58. The van der Waals surface area contributed by atoms with Crippen molar-refractivity contribution >= 4 is 27.2 Å². The van der Waals surface area contributed by atoms with Gasteiger partial charge in [0.25, 0.3) is 0 Å². The number of ether oxygens (including phenoxy) is 2. The third-order valence-electron chi connectivity index (χ3n) is 4.56. The van der Waals surface area contributed by atoms with Crippen LogP contribution in [0.1, 0.15) is 5.76 Å². The summed E-state index contributed by atoms with van der Waals surface area (Å²) in [6.07, 6.45) is 1.64. The molecule has 0 saturated heterocycles. The Labute approximate surface area is 177 Å². The summed E-state index contributed by atoms with van der Waals surface area (Å²) >= 11 is 1.49. The molecule has 8 heteroatoms. The van der Waals surface area contributed by atoms with Crippen molar-refractivity contribution in [2.45, 2.75) is 6.54 Å². The first kappa shape index (κ1) is 20.3.